The van der Waals surface area contributed by atoms with Gasteiger partial charge in [-0.1, -0.05) is 47.5 Å². The lowest BCUT2D eigenvalue weighted by Gasteiger charge is -2.30. The Morgan fingerprint density at radius 3 is 2.33 bits per heavy atom. The number of amides is 1. The lowest BCUT2D eigenvalue weighted by atomic mass is 9.97. The zero-order chi connectivity index (χ0) is 25.7. The first-order valence-electron chi connectivity index (χ1n) is 11.8. The Balaban J connectivity index is 1.83. The van der Waals surface area contributed by atoms with Crippen molar-refractivity contribution in [2.24, 2.45) is 0 Å². The largest absolute Gasteiger partial charge is 0.496 e. The Morgan fingerprint density at radius 1 is 0.944 bits per heavy atom. The number of carbonyl (C=O) groups excluding carboxylic acids is 1. The number of hydrogen-bond donors (Lipinski definition) is 0. The van der Waals surface area contributed by atoms with Crippen molar-refractivity contribution >= 4 is 34.8 Å². The maximum absolute atomic E-state index is 14.1. The third kappa shape index (κ3) is 3.87. The zero-order valence-corrected chi connectivity index (χ0v) is 22.4. The minimum absolute atomic E-state index is 0.0319. The lowest BCUT2D eigenvalue weighted by molar-refractivity contribution is 0.0989. The van der Waals surface area contributed by atoms with Gasteiger partial charge in [-0.2, -0.15) is 0 Å². The third-order valence-electron chi connectivity index (χ3n) is 6.71. The Kier molecular flexibility index (Phi) is 6.31. The van der Waals surface area contributed by atoms with Crippen molar-refractivity contribution in [1.29, 1.82) is 0 Å². The number of hydrogen-bond acceptors (Lipinski definition) is 3. The molecule has 5 nitrogen and oxygen atoms in total. The molecule has 2 heterocycles. The summed E-state index contributed by atoms with van der Waals surface area (Å²) >= 11 is 12.7. The second-order valence-corrected chi connectivity index (χ2v) is 10.2. The molecule has 0 fully saturated rings. The average molecular weight is 520 g/mol. The monoisotopic (exact) mass is 519 g/mol. The summed E-state index contributed by atoms with van der Waals surface area (Å²) in [6.07, 6.45) is 0. The number of ether oxygens (including phenoxy) is 1. The van der Waals surface area contributed by atoms with Crippen LogP contribution in [0.5, 0.6) is 5.75 Å². The summed E-state index contributed by atoms with van der Waals surface area (Å²) in [4.78, 5) is 20.9. The Morgan fingerprint density at radius 2 is 1.64 bits per heavy atom. The number of imidazole rings is 1. The van der Waals surface area contributed by atoms with E-state index >= 15 is 0 Å². The van der Waals surface area contributed by atoms with Gasteiger partial charge in [0.15, 0.2) is 5.69 Å². The number of anilines is 1. The van der Waals surface area contributed by atoms with E-state index in [1.807, 2.05) is 79.4 Å². The quantitative estimate of drug-likeness (QED) is 0.270. The van der Waals surface area contributed by atoms with Crippen LogP contribution in [0.3, 0.4) is 0 Å². The van der Waals surface area contributed by atoms with Crippen LogP contribution in [0.1, 0.15) is 58.8 Å². The molecule has 0 radical (unpaired) electrons. The second-order valence-electron chi connectivity index (χ2n) is 9.34. The van der Waals surface area contributed by atoms with E-state index in [1.165, 1.54) is 0 Å². The summed E-state index contributed by atoms with van der Waals surface area (Å²) in [6.45, 7) is 8.21. The van der Waals surface area contributed by atoms with E-state index in [-0.39, 0.29) is 11.9 Å². The fourth-order valence-electron chi connectivity index (χ4n) is 5.08. The van der Waals surface area contributed by atoms with Crippen LogP contribution in [-0.4, -0.2) is 22.6 Å². The van der Waals surface area contributed by atoms with Crippen LogP contribution in [-0.2, 0) is 0 Å². The summed E-state index contributed by atoms with van der Waals surface area (Å²) < 4.78 is 7.80. The van der Waals surface area contributed by atoms with Crippen LogP contribution in [0.4, 0.5) is 5.69 Å². The highest BCUT2D eigenvalue weighted by atomic mass is 35.5. The van der Waals surface area contributed by atoms with Crippen LogP contribution in [0, 0.1) is 13.8 Å². The van der Waals surface area contributed by atoms with Crippen molar-refractivity contribution in [2.45, 2.75) is 39.8 Å². The van der Waals surface area contributed by atoms with Crippen LogP contribution < -0.4 is 9.64 Å². The zero-order valence-electron chi connectivity index (χ0n) is 20.8. The van der Waals surface area contributed by atoms with Gasteiger partial charge in [-0.05, 0) is 80.8 Å². The highest BCUT2D eigenvalue weighted by Gasteiger charge is 2.45. The van der Waals surface area contributed by atoms with Crippen LogP contribution in [0.2, 0.25) is 10.0 Å². The number of rotatable bonds is 5. The molecule has 0 unspecified atom stereocenters. The fourth-order valence-corrected chi connectivity index (χ4v) is 5.48. The summed E-state index contributed by atoms with van der Waals surface area (Å²) in [6, 6.07) is 18.8. The lowest BCUT2D eigenvalue weighted by Crippen LogP contribution is -2.31. The number of halogens is 2. The molecule has 0 spiro atoms. The molecule has 1 aromatic heterocycles. The minimum atomic E-state index is -0.403. The van der Waals surface area contributed by atoms with Gasteiger partial charge in [-0.15, -0.1) is 0 Å². The van der Waals surface area contributed by atoms with Crippen LogP contribution in [0.25, 0.3) is 11.4 Å². The molecule has 3 aromatic carbocycles. The number of aryl methyl sites for hydroxylation is 2. The summed E-state index contributed by atoms with van der Waals surface area (Å²) in [7, 11) is 1.64. The fraction of sp³-hybridized carbons (Fsp3) is 0.241. The molecular formula is C29H27Cl2N3O2. The topological polar surface area (TPSA) is 47.4 Å². The van der Waals surface area contributed by atoms with Crippen molar-refractivity contribution in [3.8, 4) is 17.1 Å². The molecule has 0 N–H and O–H groups in total. The summed E-state index contributed by atoms with van der Waals surface area (Å²) in [5.41, 5.74) is 5.82. The van der Waals surface area contributed by atoms with Crippen molar-refractivity contribution in [3.63, 3.8) is 0 Å². The minimum Gasteiger partial charge on any atom is -0.496 e. The number of aromatic nitrogens is 2. The normalized spacial score (nSPS) is 15.1. The maximum atomic E-state index is 14.1. The van der Waals surface area contributed by atoms with Gasteiger partial charge in [-0.3, -0.25) is 9.69 Å². The first-order chi connectivity index (χ1) is 17.2. The number of methoxy groups -OCH3 is 1. The van der Waals surface area contributed by atoms with E-state index in [9.17, 15) is 4.79 Å². The number of fused-ring (bicyclic) bond motifs is 1. The average Bonchev–Trinajstić information content (AvgIpc) is 3.36. The molecule has 1 amide bonds. The van der Waals surface area contributed by atoms with Gasteiger partial charge >= 0.3 is 0 Å². The van der Waals surface area contributed by atoms with Crippen LogP contribution in [0.15, 0.2) is 60.7 Å². The predicted octanol–water partition coefficient (Wildman–Crippen LogP) is 7.81. The molecular weight excluding hydrogens is 493 g/mol. The SMILES string of the molecule is COc1ccccc1-c1nc2c(n1C(C)C)[C@H](c1ccc(Cl)cc1C)N(c1cc(Cl)ccc1C)C2=O. The molecule has 1 aliphatic heterocycles. The van der Waals surface area contributed by atoms with E-state index in [4.69, 9.17) is 32.9 Å². The van der Waals surface area contributed by atoms with E-state index in [1.54, 1.807) is 7.11 Å². The summed E-state index contributed by atoms with van der Waals surface area (Å²) in [5.74, 6) is 1.25. The van der Waals surface area contributed by atoms with Crippen molar-refractivity contribution in [2.75, 3.05) is 12.0 Å². The number of carbonyl (C=O) groups is 1. The van der Waals surface area contributed by atoms with Gasteiger partial charge in [0.05, 0.1) is 18.4 Å². The van der Waals surface area contributed by atoms with Gasteiger partial charge in [0, 0.05) is 21.8 Å². The molecule has 184 valence electrons. The molecule has 36 heavy (non-hydrogen) atoms. The number of benzene rings is 3. The Labute approximate surface area is 221 Å². The van der Waals surface area contributed by atoms with Crippen LogP contribution >= 0.6 is 23.2 Å². The van der Waals surface area contributed by atoms with E-state index in [0.717, 1.165) is 33.6 Å². The van der Waals surface area contributed by atoms with Gasteiger partial charge in [0.1, 0.15) is 17.6 Å². The number of nitrogens with zero attached hydrogens (tertiary/aromatic N) is 3. The molecule has 1 aliphatic rings. The molecule has 5 rings (SSSR count). The maximum Gasteiger partial charge on any atom is 0.279 e. The van der Waals surface area contributed by atoms with E-state index in [2.05, 4.69) is 18.4 Å². The van der Waals surface area contributed by atoms with Crippen molar-refractivity contribution in [3.05, 3.63) is 98.8 Å². The predicted molar refractivity (Wildman–Crippen MR) is 146 cm³/mol. The highest BCUT2D eigenvalue weighted by molar-refractivity contribution is 6.31. The third-order valence-corrected chi connectivity index (χ3v) is 7.18. The molecule has 4 aromatic rings. The van der Waals surface area contributed by atoms with Crippen molar-refractivity contribution in [1.82, 2.24) is 9.55 Å². The first-order valence-corrected chi connectivity index (χ1v) is 12.6. The van der Waals surface area contributed by atoms with Gasteiger partial charge in [0.25, 0.3) is 5.91 Å². The highest BCUT2D eigenvalue weighted by Crippen LogP contribution is 2.47. The first kappa shape index (κ1) is 24.4. The van der Waals surface area contributed by atoms with Gasteiger partial charge < -0.3 is 9.30 Å². The Bertz CT molecular complexity index is 1490. The molecule has 7 heteroatoms. The van der Waals surface area contributed by atoms with Gasteiger partial charge in [-0.25, -0.2) is 4.98 Å². The molecule has 0 aliphatic carbocycles. The smallest absolute Gasteiger partial charge is 0.279 e. The Hall–Kier alpha value is -3.28. The van der Waals surface area contributed by atoms with Gasteiger partial charge in [0.2, 0.25) is 0 Å². The number of para-hydroxylation sites is 1. The molecule has 0 bridgehead atoms. The molecule has 0 saturated heterocycles. The van der Waals surface area contributed by atoms with E-state index in [0.29, 0.717) is 27.3 Å². The standard InChI is InChI=1S/C29H27Cl2N3O2/c1-16(2)33-27-25(32-28(33)22-8-6-7-9-24(22)36-5)29(35)34(23-15-20(31)11-10-17(23)3)26(27)21-13-12-19(30)14-18(21)4/h6-16,26H,1-5H3/t26-/m0/s1. The summed E-state index contributed by atoms with van der Waals surface area (Å²) in [5, 5.41) is 1.22. The molecule has 0 saturated carbocycles. The molecule has 1 atom stereocenters. The van der Waals surface area contributed by atoms with Crippen molar-refractivity contribution < 1.29 is 9.53 Å². The van der Waals surface area contributed by atoms with E-state index < -0.39 is 6.04 Å². The second kappa shape index (κ2) is 9.30.